The van der Waals surface area contributed by atoms with Crippen LogP contribution in [-0.2, 0) is 0 Å². The summed E-state index contributed by atoms with van der Waals surface area (Å²) in [7, 11) is 0.199. The molecule has 0 aliphatic rings. The molecule has 0 aromatic heterocycles. The van der Waals surface area contributed by atoms with E-state index in [9.17, 15) is 0 Å². The molecule has 9 heavy (non-hydrogen) atoms. The summed E-state index contributed by atoms with van der Waals surface area (Å²) in [5.74, 6) is 0.882. The Bertz CT molecular complexity index is 74.6. The van der Waals surface area contributed by atoms with Gasteiger partial charge in [-0.1, -0.05) is 34.2 Å². The largest absolute Gasteiger partial charge is 0.0744 e. The van der Waals surface area contributed by atoms with Crippen LogP contribution in [0.1, 0.15) is 34.1 Å². The third-order valence-electron chi connectivity index (χ3n) is 1.92. The van der Waals surface area contributed by atoms with Crippen molar-refractivity contribution in [1.82, 2.24) is 0 Å². The van der Waals surface area contributed by atoms with E-state index in [1.165, 1.54) is 6.42 Å². The van der Waals surface area contributed by atoms with Gasteiger partial charge in [-0.15, -0.1) is 0 Å². The summed E-state index contributed by atoms with van der Waals surface area (Å²) in [5, 5.41) is 0.703. The molecule has 0 rings (SSSR count). The molecule has 0 radical (unpaired) electrons. The number of hydrogen-bond donors (Lipinski definition) is 0. The Balaban J connectivity index is 3.58. The first kappa shape index (κ1) is 9.22. The van der Waals surface area contributed by atoms with Crippen LogP contribution in [0.15, 0.2) is 0 Å². The van der Waals surface area contributed by atoms with Crippen LogP contribution in [-0.4, -0.2) is 9.52 Å². The van der Waals surface area contributed by atoms with E-state index in [2.05, 4.69) is 34.2 Å². The van der Waals surface area contributed by atoms with Gasteiger partial charge >= 0.3 is 0 Å². The minimum absolute atomic E-state index is 0.199. The second kappa shape index (κ2) is 3.40. The summed E-state index contributed by atoms with van der Waals surface area (Å²) >= 11 is 0. The molecule has 1 heteroatoms. The Hall–Kier alpha value is 0.217. The Morgan fingerprint density at radius 3 is 1.89 bits per heavy atom. The van der Waals surface area contributed by atoms with Crippen molar-refractivity contribution >= 4 is 9.52 Å². The molecule has 0 saturated heterocycles. The van der Waals surface area contributed by atoms with Crippen LogP contribution in [0.3, 0.4) is 0 Å². The summed E-state index contributed by atoms with van der Waals surface area (Å²) in [5.41, 5.74) is 0. The van der Waals surface area contributed by atoms with Crippen molar-refractivity contribution in [3.05, 3.63) is 0 Å². The van der Waals surface area contributed by atoms with Gasteiger partial charge in [-0.25, -0.2) is 0 Å². The van der Waals surface area contributed by atoms with Crippen molar-refractivity contribution in [3.8, 4) is 0 Å². The van der Waals surface area contributed by atoms with Gasteiger partial charge in [0.05, 0.1) is 0 Å². The highest BCUT2D eigenvalue weighted by atomic mass is 28.2. The minimum Gasteiger partial charge on any atom is -0.0744 e. The lowest BCUT2D eigenvalue weighted by molar-refractivity contribution is 0.482. The van der Waals surface area contributed by atoms with Gasteiger partial charge in [0.1, 0.15) is 0 Å². The summed E-state index contributed by atoms with van der Waals surface area (Å²) in [6.07, 6.45) is 1.41. The molecule has 0 unspecified atom stereocenters. The highest BCUT2D eigenvalue weighted by molar-refractivity contribution is 6.37. The van der Waals surface area contributed by atoms with E-state index in [4.69, 9.17) is 0 Å². The molecule has 0 N–H and O–H groups in total. The van der Waals surface area contributed by atoms with Gasteiger partial charge in [-0.05, 0) is 17.4 Å². The van der Waals surface area contributed by atoms with E-state index >= 15 is 0 Å². The van der Waals surface area contributed by atoms with Gasteiger partial charge in [0.25, 0.3) is 0 Å². The average Bonchev–Trinajstić information content (AvgIpc) is 1.63. The summed E-state index contributed by atoms with van der Waals surface area (Å²) in [4.78, 5) is 0. The predicted octanol–water partition coefficient (Wildman–Crippen LogP) is 2.45. The quantitative estimate of drug-likeness (QED) is 0.534. The van der Waals surface area contributed by atoms with Crippen molar-refractivity contribution in [2.45, 2.75) is 45.7 Å². The highest BCUT2D eigenvalue weighted by Gasteiger charge is 2.16. The van der Waals surface area contributed by atoms with E-state index in [1.807, 2.05) is 0 Å². The van der Waals surface area contributed by atoms with Crippen LogP contribution in [0.2, 0.25) is 11.6 Å². The second-order valence-corrected chi connectivity index (χ2v) is 6.74. The first-order valence-corrected chi connectivity index (χ1v) is 6.10. The SMILES string of the molecule is C[SiH2]C(C)(C)CC(C)C. The third-order valence-corrected chi connectivity index (χ3v) is 4.12. The van der Waals surface area contributed by atoms with Crippen LogP contribution in [0.4, 0.5) is 0 Å². The minimum atomic E-state index is 0.199. The zero-order valence-electron chi connectivity index (χ0n) is 7.49. The monoisotopic (exact) mass is 144 g/mol. The molecular formula is C8H20Si. The molecule has 0 aliphatic heterocycles. The summed E-state index contributed by atoms with van der Waals surface area (Å²) in [6, 6.07) is 0. The molecule has 0 saturated carbocycles. The molecule has 0 aromatic carbocycles. The lowest BCUT2D eigenvalue weighted by Gasteiger charge is -2.23. The van der Waals surface area contributed by atoms with Crippen molar-refractivity contribution in [2.24, 2.45) is 5.92 Å². The normalized spacial score (nSPS) is 14.0. The predicted molar refractivity (Wildman–Crippen MR) is 47.9 cm³/mol. The molecule has 0 spiro atoms. The van der Waals surface area contributed by atoms with Crippen molar-refractivity contribution in [1.29, 1.82) is 0 Å². The topological polar surface area (TPSA) is 0 Å². The molecule has 0 bridgehead atoms. The zero-order valence-corrected chi connectivity index (χ0v) is 8.91. The van der Waals surface area contributed by atoms with E-state index < -0.39 is 0 Å². The Kier molecular flexibility index (Phi) is 3.48. The van der Waals surface area contributed by atoms with Gasteiger partial charge in [0.2, 0.25) is 0 Å². The maximum Gasteiger partial charge on any atom is 0.0233 e. The van der Waals surface area contributed by atoms with Gasteiger partial charge in [-0.2, -0.15) is 0 Å². The third kappa shape index (κ3) is 4.70. The first-order valence-electron chi connectivity index (χ1n) is 3.98. The fourth-order valence-electron chi connectivity index (χ4n) is 1.25. The van der Waals surface area contributed by atoms with Crippen LogP contribution >= 0.6 is 0 Å². The van der Waals surface area contributed by atoms with Gasteiger partial charge in [0.15, 0.2) is 0 Å². The van der Waals surface area contributed by atoms with Gasteiger partial charge < -0.3 is 0 Å². The van der Waals surface area contributed by atoms with E-state index in [0.29, 0.717) is 5.04 Å². The van der Waals surface area contributed by atoms with E-state index in [1.54, 1.807) is 0 Å². The number of hydrogen-bond acceptors (Lipinski definition) is 0. The average molecular weight is 144 g/mol. The van der Waals surface area contributed by atoms with Crippen molar-refractivity contribution < 1.29 is 0 Å². The van der Waals surface area contributed by atoms with E-state index in [0.717, 1.165) is 5.92 Å². The summed E-state index contributed by atoms with van der Waals surface area (Å²) < 4.78 is 0. The van der Waals surface area contributed by atoms with E-state index in [-0.39, 0.29) is 9.52 Å². The fraction of sp³-hybridized carbons (Fsp3) is 1.00. The Morgan fingerprint density at radius 2 is 1.78 bits per heavy atom. The smallest absolute Gasteiger partial charge is 0.0233 e. The molecule has 0 aliphatic carbocycles. The molecule has 56 valence electrons. The van der Waals surface area contributed by atoms with Crippen molar-refractivity contribution in [2.75, 3.05) is 0 Å². The van der Waals surface area contributed by atoms with Gasteiger partial charge in [-0.3, -0.25) is 0 Å². The van der Waals surface area contributed by atoms with Crippen LogP contribution in [0.25, 0.3) is 0 Å². The van der Waals surface area contributed by atoms with Crippen LogP contribution in [0, 0.1) is 5.92 Å². The van der Waals surface area contributed by atoms with Crippen molar-refractivity contribution in [3.63, 3.8) is 0 Å². The Morgan fingerprint density at radius 1 is 1.33 bits per heavy atom. The Labute approximate surface area is 61.9 Å². The zero-order chi connectivity index (χ0) is 7.49. The molecule has 0 atom stereocenters. The number of rotatable bonds is 3. The standard InChI is InChI=1S/C8H20Si/c1-7(2)6-8(3,4)9-5/h7H,6,9H2,1-5H3. The molecule has 0 amide bonds. The maximum absolute atomic E-state index is 2.41. The second-order valence-electron chi connectivity index (χ2n) is 4.12. The lowest BCUT2D eigenvalue weighted by Crippen LogP contribution is -2.12. The van der Waals surface area contributed by atoms with Crippen LogP contribution in [0.5, 0.6) is 0 Å². The molecular weight excluding hydrogens is 124 g/mol. The molecule has 0 aromatic rings. The lowest BCUT2D eigenvalue weighted by atomic mass is 10.00. The summed E-state index contributed by atoms with van der Waals surface area (Å²) in [6.45, 7) is 11.8. The first-order chi connectivity index (χ1) is 3.98. The van der Waals surface area contributed by atoms with Gasteiger partial charge in [0, 0.05) is 9.52 Å². The maximum atomic E-state index is 2.41. The highest BCUT2D eigenvalue weighted by Crippen LogP contribution is 2.30. The van der Waals surface area contributed by atoms with Crippen LogP contribution < -0.4 is 0 Å². The molecule has 0 heterocycles. The molecule has 0 nitrogen and oxygen atoms in total. The molecule has 0 fully saturated rings. The fourth-order valence-corrected chi connectivity index (χ4v) is 2.12.